The molecule has 0 amide bonds. The van der Waals surface area contributed by atoms with Crippen LogP contribution in [0.3, 0.4) is 0 Å². The third kappa shape index (κ3) is 3.97. The summed E-state index contributed by atoms with van der Waals surface area (Å²) in [6, 6.07) is 25.0. The largest absolute Gasteiger partial charge is 0.477 e. The van der Waals surface area contributed by atoms with Crippen molar-refractivity contribution in [3.63, 3.8) is 0 Å². The van der Waals surface area contributed by atoms with Gasteiger partial charge < -0.3 is 13.1 Å². The average molecular weight is 500 g/mol. The first-order valence-electron chi connectivity index (χ1n) is 12.3. The Morgan fingerprint density at radius 3 is 1.78 bits per heavy atom. The molecule has 0 saturated heterocycles. The van der Waals surface area contributed by atoms with Crippen LogP contribution in [0.2, 0.25) is 0 Å². The topological polar surface area (TPSA) is 57.1 Å². The zero-order valence-corrected chi connectivity index (χ0v) is 22.1. The van der Waals surface area contributed by atoms with E-state index >= 15 is 0 Å². The Labute approximate surface area is 211 Å². The Morgan fingerprint density at radius 1 is 0.750 bits per heavy atom. The molecule has 1 atom stereocenters. The van der Waals surface area contributed by atoms with Gasteiger partial charge in [0, 0.05) is 10.8 Å². The lowest BCUT2D eigenvalue weighted by Gasteiger charge is -2.22. The number of fused-ring (bicyclic) bond motifs is 7. The molecule has 0 fully saturated rings. The molecule has 1 aromatic heterocycles. The molecule has 2 heterocycles. The molecule has 184 valence electrons. The third-order valence-electron chi connectivity index (χ3n) is 6.85. The molecular weight excluding hydrogens is 469 g/mol. The van der Waals surface area contributed by atoms with Gasteiger partial charge in [-0.25, -0.2) is 4.99 Å². The lowest BCUT2D eigenvalue weighted by Crippen LogP contribution is -2.37. The van der Waals surface area contributed by atoms with Crippen molar-refractivity contribution in [2.24, 2.45) is 10.4 Å². The van der Waals surface area contributed by atoms with Crippen LogP contribution in [0.1, 0.15) is 34.6 Å². The monoisotopic (exact) mass is 499 g/mol. The normalized spacial score (nSPS) is 16.6. The first-order chi connectivity index (χ1) is 17.2. The fourth-order valence-electron chi connectivity index (χ4n) is 4.76. The van der Waals surface area contributed by atoms with Crippen molar-refractivity contribution < 1.29 is 17.7 Å². The molecule has 5 aromatic rings. The molecule has 6 rings (SSSR count). The summed E-state index contributed by atoms with van der Waals surface area (Å²) >= 11 is 0. The molecule has 0 N–H and O–H groups in total. The minimum atomic E-state index is -1.79. The van der Waals surface area contributed by atoms with Crippen molar-refractivity contribution in [3.8, 4) is 0 Å². The number of rotatable bonds is 3. The van der Waals surface area contributed by atoms with E-state index in [9.17, 15) is 0 Å². The molecule has 4 aromatic carbocycles. The van der Waals surface area contributed by atoms with Gasteiger partial charge in [-0.3, -0.25) is 4.52 Å². The van der Waals surface area contributed by atoms with E-state index in [0.717, 1.165) is 43.5 Å². The maximum atomic E-state index is 6.51. The fourth-order valence-corrected chi connectivity index (χ4v) is 5.95. The summed E-state index contributed by atoms with van der Waals surface area (Å²) in [4.78, 5) is 4.86. The van der Waals surface area contributed by atoms with Crippen LogP contribution in [0.15, 0.2) is 86.2 Å². The molecule has 0 radical (unpaired) electrons. The van der Waals surface area contributed by atoms with E-state index in [1.54, 1.807) is 0 Å². The van der Waals surface area contributed by atoms with E-state index in [1.165, 1.54) is 0 Å². The van der Waals surface area contributed by atoms with Crippen LogP contribution >= 0.6 is 8.24 Å². The van der Waals surface area contributed by atoms with Crippen LogP contribution in [0.25, 0.3) is 43.5 Å². The Kier molecular flexibility index (Phi) is 5.40. The molecular formula is C30H30NO4P. The summed E-state index contributed by atoms with van der Waals surface area (Å²) in [5.74, 6) is 0.582. The van der Waals surface area contributed by atoms with Gasteiger partial charge in [0.25, 0.3) is 0 Å². The number of benzene rings is 4. The van der Waals surface area contributed by atoms with E-state index in [4.69, 9.17) is 22.6 Å². The average Bonchev–Trinajstić information content (AvgIpc) is 3.31. The van der Waals surface area contributed by atoms with Gasteiger partial charge in [0.05, 0.1) is 6.04 Å². The standard InChI is InChI=1S/C30H30NO4P/c1-29(2,3)25-18-32-28(31-25)30(4,5)35-36-33-23-16-14-19-10-6-8-12-21(19)26(23)27-22-13-9-7-11-20(22)15-17-24(27)34-36/h6-17,25H,18H2,1-5H3/t25-/m1/s1. The van der Waals surface area contributed by atoms with Gasteiger partial charge in [0.15, 0.2) is 5.60 Å². The summed E-state index contributed by atoms with van der Waals surface area (Å²) < 4.78 is 25.5. The molecule has 0 unspecified atom stereocenters. The van der Waals surface area contributed by atoms with E-state index < -0.39 is 13.8 Å². The van der Waals surface area contributed by atoms with Gasteiger partial charge in [0.1, 0.15) is 17.8 Å². The second kappa shape index (κ2) is 8.40. The lowest BCUT2D eigenvalue weighted by atomic mass is 9.88. The maximum Gasteiger partial charge on any atom is 0.388 e. The second-order valence-corrected chi connectivity index (χ2v) is 11.9. The summed E-state index contributed by atoms with van der Waals surface area (Å²) in [7, 11) is -1.79. The van der Waals surface area contributed by atoms with Crippen molar-refractivity contribution in [1.82, 2.24) is 0 Å². The summed E-state index contributed by atoms with van der Waals surface area (Å²) in [6.45, 7) is 11.0. The molecule has 0 bridgehead atoms. The molecule has 0 spiro atoms. The zero-order chi connectivity index (χ0) is 25.1. The summed E-state index contributed by atoms with van der Waals surface area (Å²) in [5, 5.41) is 6.57. The van der Waals surface area contributed by atoms with Gasteiger partial charge in [0.2, 0.25) is 5.90 Å². The number of ether oxygens (including phenoxy) is 1. The van der Waals surface area contributed by atoms with Crippen LogP contribution in [-0.4, -0.2) is 24.1 Å². The molecule has 6 heteroatoms. The first-order valence-corrected chi connectivity index (χ1v) is 13.4. The van der Waals surface area contributed by atoms with Crippen molar-refractivity contribution >= 4 is 57.6 Å². The van der Waals surface area contributed by atoms with E-state index in [2.05, 4.69) is 81.4 Å². The van der Waals surface area contributed by atoms with Crippen LogP contribution in [-0.2, 0) is 4.74 Å². The molecule has 0 saturated carbocycles. The first kappa shape index (κ1) is 23.1. The predicted octanol–water partition coefficient (Wildman–Crippen LogP) is 8.65. The number of aliphatic imine (C=N–C) groups is 1. The van der Waals surface area contributed by atoms with Crippen molar-refractivity contribution in [2.45, 2.75) is 46.3 Å². The van der Waals surface area contributed by atoms with Crippen molar-refractivity contribution in [2.75, 3.05) is 6.61 Å². The molecule has 36 heavy (non-hydrogen) atoms. The molecule has 5 nitrogen and oxygen atoms in total. The Morgan fingerprint density at radius 2 is 1.28 bits per heavy atom. The van der Waals surface area contributed by atoms with Gasteiger partial charge in [-0.15, -0.1) is 0 Å². The van der Waals surface area contributed by atoms with Crippen molar-refractivity contribution in [1.29, 1.82) is 0 Å². The van der Waals surface area contributed by atoms with Crippen molar-refractivity contribution in [3.05, 3.63) is 72.8 Å². The summed E-state index contributed by atoms with van der Waals surface area (Å²) in [5.41, 5.74) is 0.683. The highest BCUT2D eigenvalue weighted by atomic mass is 31.1. The highest BCUT2D eigenvalue weighted by Gasteiger charge is 2.39. The second-order valence-electron chi connectivity index (χ2n) is 11.0. The predicted molar refractivity (Wildman–Crippen MR) is 149 cm³/mol. The number of nitrogens with zero attached hydrogens (tertiary/aromatic N) is 1. The molecule has 1 aliphatic heterocycles. The van der Waals surface area contributed by atoms with Crippen LogP contribution in [0.5, 0.6) is 0 Å². The van der Waals surface area contributed by atoms with Gasteiger partial charge in [-0.2, -0.15) is 0 Å². The fraction of sp³-hybridized carbons (Fsp3) is 0.300. The lowest BCUT2D eigenvalue weighted by molar-refractivity contribution is 0.177. The third-order valence-corrected chi connectivity index (χ3v) is 8.14. The Balaban J connectivity index is 1.60. The smallest absolute Gasteiger partial charge is 0.388 e. The van der Waals surface area contributed by atoms with E-state index in [1.807, 2.05) is 26.0 Å². The number of hydrogen-bond donors (Lipinski definition) is 0. The molecule has 0 aliphatic carbocycles. The van der Waals surface area contributed by atoms with Gasteiger partial charge in [-0.1, -0.05) is 81.4 Å². The highest BCUT2D eigenvalue weighted by molar-refractivity contribution is 7.32. The maximum absolute atomic E-state index is 6.51. The van der Waals surface area contributed by atoms with E-state index in [0.29, 0.717) is 12.5 Å². The van der Waals surface area contributed by atoms with E-state index in [-0.39, 0.29) is 11.5 Å². The van der Waals surface area contributed by atoms with Gasteiger partial charge >= 0.3 is 8.24 Å². The zero-order valence-electron chi connectivity index (χ0n) is 21.2. The van der Waals surface area contributed by atoms with Crippen LogP contribution < -0.4 is 4.52 Å². The Hall–Kier alpha value is -3.27. The Bertz CT molecular complexity index is 1600. The molecule has 1 aliphatic rings. The van der Waals surface area contributed by atoms with Gasteiger partial charge in [-0.05, 0) is 52.9 Å². The minimum Gasteiger partial charge on any atom is -0.477 e. The SMILES string of the molecule is CC(C)(Op1oc2ccc3ccccc3c2c2c(ccc3ccccc32)o1)C1=N[C@@H](C(C)(C)C)CO1. The summed E-state index contributed by atoms with van der Waals surface area (Å²) in [6.07, 6.45) is 0. The highest BCUT2D eigenvalue weighted by Crippen LogP contribution is 2.42. The quantitative estimate of drug-likeness (QED) is 0.249. The van der Waals surface area contributed by atoms with Crippen LogP contribution in [0, 0.1) is 5.41 Å². The number of hydrogen-bond acceptors (Lipinski definition) is 5. The van der Waals surface area contributed by atoms with Crippen LogP contribution in [0.4, 0.5) is 0 Å². The minimum absolute atomic E-state index is 0.0124.